The van der Waals surface area contributed by atoms with Gasteiger partial charge in [0.05, 0.1) is 4.99 Å². The van der Waals surface area contributed by atoms with E-state index in [0.29, 0.717) is 11.5 Å². The quantitative estimate of drug-likeness (QED) is 0.759. The van der Waals surface area contributed by atoms with Gasteiger partial charge >= 0.3 is 0 Å². The lowest BCUT2D eigenvalue weighted by atomic mass is 10.2. The monoisotopic (exact) mass is 210 g/mol. The highest BCUT2D eigenvalue weighted by Gasteiger charge is 2.06. The summed E-state index contributed by atoms with van der Waals surface area (Å²) in [5, 5.41) is 0. The first kappa shape index (κ1) is 10.9. The van der Waals surface area contributed by atoms with E-state index in [4.69, 9.17) is 18.0 Å². The van der Waals surface area contributed by atoms with Gasteiger partial charge in [-0.25, -0.2) is 0 Å². The van der Waals surface area contributed by atoms with Gasteiger partial charge in [-0.15, -0.1) is 0 Å². The van der Waals surface area contributed by atoms with Gasteiger partial charge < -0.3 is 10.3 Å². The number of aromatic nitrogens is 1. The van der Waals surface area contributed by atoms with Gasteiger partial charge in [-0.3, -0.25) is 4.79 Å². The van der Waals surface area contributed by atoms with Gasteiger partial charge in [0.15, 0.2) is 0 Å². The molecule has 0 saturated heterocycles. The fourth-order valence-electron chi connectivity index (χ4n) is 1.14. The third kappa shape index (κ3) is 2.67. The predicted molar refractivity (Wildman–Crippen MR) is 61.4 cm³/mol. The molecule has 1 aromatic heterocycles. The van der Waals surface area contributed by atoms with Gasteiger partial charge in [0, 0.05) is 24.7 Å². The second kappa shape index (κ2) is 4.37. The fraction of sp³-hybridized carbons (Fsp3) is 0.400. The summed E-state index contributed by atoms with van der Waals surface area (Å²) in [5.41, 5.74) is 6.44. The molecule has 0 amide bonds. The zero-order valence-electron chi connectivity index (χ0n) is 8.36. The van der Waals surface area contributed by atoms with Gasteiger partial charge in [-0.1, -0.05) is 19.1 Å². The molecule has 14 heavy (non-hydrogen) atoms. The fourth-order valence-corrected chi connectivity index (χ4v) is 1.22. The Morgan fingerprint density at radius 3 is 2.86 bits per heavy atom. The Kier molecular flexibility index (Phi) is 3.41. The number of nitrogens with zero attached hydrogens (tertiary/aromatic N) is 1. The van der Waals surface area contributed by atoms with Crippen LogP contribution in [0.3, 0.4) is 0 Å². The first-order valence-electron chi connectivity index (χ1n) is 4.47. The van der Waals surface area contributed by atoms with Crippen LogP contribution in [0.15, 0.2) is 23.1 Å². The van der Waals surface area contributed by atoms with Gasteiger partial charge in [0.1, 0.15) is 0 Å². The maximum atomic E-state index is 11.5. The standard InChI is InChI=1S/C10H14N2OS/c1-7-3-4-12(9(13)5-7)6-8(2)10(11)14/h3-5,8H,6H2,1-2H3,(H2,11,14). The van der Waals surface area contributed by atoms with Crippen LogP contribution in [-0.2, 0) is 6.54 Å². The van der Waals surface area contributed by atoms with E-state index in [-0.39, 0.29) is 11.5 Å². The number of hydrogen-bond acceptors (Lipinski definition) is 2. The van der Waals surface area contributed by atoms with Crippen LogP contribution in [0.1, 0.15) is 12.5 Å². The maximum Gasteiger partial charge on any atom is 0.250 e. The maximum absolute atomic E-state index is 11.5. The molecular formula is C10H14N2OS. The molecule has 0 aliphatic rings. The molecule has 0 aliphatic heterocycles. The van der Waals surface area contributed by atoms with E-state index in [9.17, 15) is 4.79 Å². The number of pyridine rings is 1. The van der Waals surface area contributed by atoms with Gasteiger partial charge in [-0.2, -0.15) is 0 Å². The minimum absolute atomic E-state index is 0.00639. The molecule has 3 nitrogen and oxygen atoms in total. The molecular weight excluding hydrogens is 196 g/mol. The molecule has 0 fully saturated rings. The second-order valence-corrected chi connectivity index (χ2v) is 3.97. The third-order valence-electron chi connectivity index (χ3n) is 2.11. The average molecular weight is 210 g/mol. The van der Waals surface area contributed by atoms with Gasteiger partial charge in [0.25, 0.3) is 5.56 Å². The summed E-state index contributed by atoms with van der Waals surface area (Å²) in [4.78, 5) is 11.9. The second-order valence-electron chi connectivity index (χ2n) is 3.50. The van der Waals surface area contributed by atoms with Crippen LogP contribution in [0.5, 0.6) is 0 Å². The van der Waals surface area contributed by atoms with Crippen molar-refractivity contribution < 1.29 is 0 Å². The van der Waals surface area contributed by atoms with Crippen LogP contribution < -0.4 is 11.3 Å². The lowest BCUT2D eigenvalue weighted by molar-refractivity contribution is 0.581. The van der Waals surface area contributed by atoms with E-state index in [1.165, 1.54) is 0 Å². The van der Waals surface area contributed by atoms with Crippen molar-refractivity contribution in [1.82, 2.24) is 4.57 Å². The number of hydrogen-bond donors (Lipinski definition) is 1. The van der Waals surface area contributed by atoms with Crippen LogP contribution in [0.2, 0.25) is 0 Å². The highest BCUT2D eigenvalue weighted by atomic mass is 32.1. The minimum Gasteiger partial charge on any atom is -0.393 e. The Bertz CT molecular complexity index is 397. The summed E-state index contributed by atoms with van der Waals surface area (Å²) in [6.45, 7) is 4.35. The van der Waals surface area contributed by atoms with Crippen molar-refractivity contribution in [2.45, 2.75) is 20.4 Å². The van der Waals surface area contributed by atoms with E-state index in [1.54, 1.807) is 16.8 Å². The Morgan fingerprint density at radius 1 is 1.71 bits per heavy atom. The third-order valence-corrected chi connectivity index (χ3v) is 2.51. The first-order chi connectivity index (χ1) is 6.50. The number of thiocarbonyl (C=S) groups is 1. The van der Waals surface area contributed by atoms with E-state index in [2.05, 4.69) is 0 Å². The SMILES string of the molecule is Cc1ccn(CC(C)C(N)=S)c(=O)c1. The molecule has 1 heterocycles. The van der Waals surface area contributed by atoms with E-state index in [0.717, 1.165) is 5.56 Å². The Morgan fingerprint density at radius 2 is 2.36 bits per heavy atom. The summed E-state index contributed by atoms with van der Waals surface area (Å²) in [6, 6.07) is 3.50. The molecule has 1 aromatic rings. The lowest BCUT2D eigenvalue weighted by Gasteiger charge is -2.11. The zero-order valence-corrected chi connectivity index (χ0v) is 9.17. The van der Waals surface area contributed by atoms with Gasteiger partial charge in [-0.05, 0) is 18.6 Å². The van der Waals surface area contributed by atoms with Crippen LogP contribution in [0.4, 0.5) is 0 Å². The topological polar surface area (TPSA) is 48.0 Å². The largest absolute Gasteiger partial charge is 0.393 e. The Labute approximate surface area is 88.5 Å². The molecule has 1 atom stereocenters. The van der Waals surface area contributed by atoms with Crippen molar-refractivity contribution in [2.75, 3.05) is 0 Å². The first-order valence-corrected chi connectivity index (χ1v) is 4.88. The summed E-state index contributed by atoms with van der Waals surface area (Å²) < 4.78 is 1.62. The molecule has 0 bridgehead atoms. The number of rotatable bonds is 3. The lowest BCUT2D eigenvalue weighted by Crippen LogP contribution is -2.28. The summed E-state index contributed by atoms with van der Waals surface area (Å²) in [7, 11) is 0. The van der Waals surface area contributed by atoms with Crippen molar-refractivity contribution >= 4 is 17.2 Å². The van der Waals surface area contributed by atoms with Crippen LogP contribution >= 0.6 is 12.2 Å². The van der Waals surface area contributed by atoms with Crippen molar-refractivity contribution in [1.29, 1.82) is 0 Å². The average Bonchev–Trinajstić information content (AvgIpc) is 2.09. The molecule has 0 aliphatic carbocycles. The molecule has 1 rings (SSSR count). The van der Waals surface area contributed by atoms with Crippen LogP contribution in [0, 0.1) is 12.8 Å². The van der Waals surface area contributed by atoms with E-state index in [1.807, 2.05) is 19.9 Å². The predicted octanol–water partition coefficient (Wildman–Crippen LogP) is 1.08. The molecule has 76 valence electrons. The summed E-state index contributed by atoms with van der Waals surface area (Å²) in [6.07, 6.45) is 1.77. The normalized spacial score (nSPS) is 12.4. The van der Waals surface area contributed by atoms with E-state index >= 15 is 0 Å². The van der Waals surface area contributed by atoms with Crippen molar-refractivity contribution in [3.63, 3.8) is 0 Å². The molecule has 0 saturated carbocycles. The van der Waals surface area contributed by atoms with Crippen molar-refractivity contribution in [2.24, 2.45) is 11.7 Å². The minimum atomic E-state index is -0.00639. The molecule has 2 N–H and O–H groups in total. The highest BCUT2D eigenvalue weighted by Crippen LogP contribution is 1.99. The molecule has 0 aromatic carbocycles. The Hall–Kier alpha value is -1.16. The molecule has 1 unspecified atom stereocenters. The highest BCUT2D eigenvalue weighted by molar-refractivity contribution is 7.80. The zero-order chi connectivity index (χ0) is 10.7. The summed E-state index contributed by atoms with van der Waals surface area (Å²) in [5.74, 6) is 0.0467. The number of nitrogens with two attached hydrogens (primary N) is 1. The smallest absolute Gasteiger partial charge is 0.250 e. The van der Waals surface area contributed by atoms with Crippen LogP contribution in [-0.4, -0.2) is 9.56 Å². The molecule has 0 radical (unpaired) electrons. The van der Waals surface area contributed by atoms with Gasteiger partial charge in [0.2, 0.25) is 0 Å². The van der Waals surface area contributed by atoms with E-state index < -0.39 is 0 Å². The van der Waals surface area contributed by atoms with Crippen molar-refractivity contribution in [3.05, 3.63) is 34.2 Å². The molecule has 4 heteroatoms. The molecule has 0 spiro atoms. The van der Waals surface area contributed by atoms with Crippen LogP contribution in [0.25, 0.3) is 0 Å². The number of aryl methyl sites for hydroxylation is 1. The van der Waals surface area contributed by atoms with Crippen molar-refractivity contribution in [3.8, 4) is 0 Å². The Balaban J connectivity index is 2.88. The summed E-state index contributed by atoms with van der Waals surface area (Å²) >= 11 is 4.85.